The SMILES string of the molecule is C=CC(c1cccc2ccccc12)S(=O)(=O)c1n[nH]c2ccc(C(C)O)cc12. The molecule has 142 valence electrons. The number of H-pyrrole nitrogens is 1. The van der Waals surface area contributed by atoms with Gasteiger partial charge in [0.1, 0.15) is 5.25 Å². The van der Waals surface area contributed by atoms with E-state index in [4.69, 9.17) is 0 Å². The van der Waals surface area contributed by atoms with Crippen LogP contribution >= 0.6 is 0 Å². The molecule has 5 nitrogen and oxygen atoms in total. The predicted octanol–water partition coefficient (Wildman–Crippen LogP) is 4.47. The lowest BCUT2D eigenvalue weighted by atomic mass is 10.0. The van der Waals surface area contributed by atoms with Crippen LogP contribution in [0.4, 0.5) is 0 Å². The summed E-state index contributed by atoms with van der Waals surface area (Å²) in [7, 11) is -3.86. The average Bonchev–Trinajstić information content (AvgIpc) is 3.12. The number of aliphatic hydroxyl groups excluding tert-OH is 1. The Morgan fingerprint density at radius 3 is 2.57 bits per heavy atom. The topological polar surface area (TPSA) is 83.0 Å². The normalized spacial score (nSPS) is 14.2. The maximum Gasteiger partial charge on any atom is 0.208 e. The number of aromatic nitrogens is 2. The van der Waals surface area contributed by atoms with E-state index in [1.807, 2.05) is 42.5 Å². The summed E-state index contributed by atoms with van der Waals surface area (Å²) in [6.45, 7) is 5.43. The van der Waals surface area contributed by atoms with Crippen molar-refractivity contribution in [2.75, 3.05) is 0 Å². The molecule has 2 unspecified atom stereocenters. The van der Waals surface area contributed by atoms with Gasteiger partial charge in [-0.25, -0.2) is 8.42 Å². The largest absolute Gasteiger partial charge is 0.389 e. The van der Waals surface area contributed by atoms with Crippen molar-refractivity contribution in [1.82, 2.24) is 10.2 Å². The molecule has 0 spiro atoms. The Morgan fingerprint density at radius 2 is 1.82 bits per heavy atom. The van der Waals surface area contributed by atoms with E-state index < -0.39 is 21.2 Å². The van der Waals surface area contributed by atoms with Crippen LogP contribution in [0.15, 0.2) is 78.3 Å². The number of aliphatic hydroxyl groups is 1. The molecule has 28 heavy (non-hydrogen) atoms. The average molecular weight is 392 g/mol. The molecule has 1 aromatic heterocycles. The standard InChI is InChI=1S/C22H20N2O3S/c1-3-21(18-10-6-8-15-7-4-5-9-17(15)18)28(26,27)22-19-13-16(14(2)25)11-12-20(19)23-24-22/h3-14,21,25H,1H2,2H3,(H,23,24). The van der Waals surface area contributed by atoms with E-state index in [9.17, 15) is 13.5 Å². The van der Waals surface area contributed by atoms with Gasteiger partial charge in [0, 0.05) is 5.39 Å². The summed E-state index contributed by atoms with van der Waals surface area (Å²) in [6, 6.07) is 18.4. The highest BCUT2D eigenvalue weighted by molar-refractivity contribution is 7.92. The Kier molecular flexibility index (Phi) is 4.53. The van der Waals surface area contributed by atoms with Crippen molar-refractivity contribution in [1.29, 1.82) is 0 Å². The van der Waals surface area contributed by atoms with Crippen molar-refractivity contribution < 1.29 is 13.5 Å². The zero-order chi connectivity index (χ0) is 19.9. The molecule has 4 rings (SSSR count). The lowest BCUT2D eigenvalue weighted by molar-refractivity contribution is 0.199. The van der Waals surface area contributed by atoms with Crippen LogP contribution in [-0.2, 0) is 9.84 Å². The van der Waals surface area contributed by atoms with E-state index in [0.29, 0.717) is 22.0 Å². The van der Waals surface area contributed by atoms with Crippen molar-refractivity contribution in [2.24, 2.45) is 0 Å². The molecule has 0 saturated heterocycles. The number of hydrogen-bond acceptors (Lipinski definition) is 4. The molecule has 4 aromatic rings. The second-order valence-electron chi connectivity index (χ2n) is 6.78. The summed E-state index contributed by atoms with van der Waals surface area (Å²) in [5.74, 6) is 0. The maximum atomic E-state index is 13.5. The fourth-order valence-corrected chi connectivity index (χ4v) is 5.21. The van der Waals surface area contributed by atoms with Crippen LogP contribution in [0.3, 0.4) is 0 Å². The highest BCUT2D eigenvalue weighted by atomic mass is 32.2. The van der Waals surface area contributed by atoms with Crippen LogP contribution in [0.5, 0.6) is 0 Å². The molecule has 1 heterocycles. The second-order valence-corrected chi connectivity index (χ2v) is 8.76. The summed E-state index contributed by atoms with van der Waals surface area (Å²) in [5.41, 5.74) is 1.89. The van der Waals surface area contributed by atoms with Crippen LogP contribution in [0.2, 0.25) is 0 Å². The molecule has 0 aliphatic rings. The molecule has 0 bridgehead atoms. The van der Waals surface area contributed by atoms with Gasteiger partial charge in [0.05, 0.1) is 11.6 Å². The monoisotopic (exact) mass is 392 g/mol. The molecule has 0 aliphatic heterocycles. The van der Waals surface area contributed by atoms with Crippen LogP contribution in [0.25, 0.3) is 21.7 Å². The number of rotatable bonds is 5. The molecule has 2 N–H and O–H groups in total. The third-order valence-electron chi connectivity index (χ3n) is 4.98. The fraction of sp³-hybridized carbons (Fsp3) is 0.136. The maximum absolute atomic E-state index is 13.5. The Bertz CT molecular complexity index is 1280. The minimum atomic E-state index is -3.86. The Morgan fingerprint density at radius 1 is 1.07 bits per heavy atom. The van der Waals surface area contributed by atoms with Crippen LogP contribution in [-0.4, -0.2) is 23.7 Å². The molecular weight excluding hydrogens is 372 g/mol. The first kappa shape index (κ1) is 18.4. The van der Waals surface area contributed by atoms with Gasteiger partial charge in [-0.3, -0.25) is 5.10 Å². The fourth-order valence-electron chi connectivity index (χ4n) is 3.52. The summed E-state index contributed by atoms with van der Waals surface area (Å²) in [5, 5.41) is 18.1. The number of fused-ring (bicyclic) bond motifs is 2. The predicted molar refractivity (Wildman–Crippen MR) is 111 cm³/mol. The molecule has 6 heteroatoms. The Hall–Kier alpha value is -2.96. The zero-order valence-corrected chi connectivity index (χ0v) is 16.1. The molecule has 0 radical (unpaired) electrons. The lowest BCUT2D eigenvalue weighted by Gasteiger charge is -2.16. The van der Waals surface area contributed by atoms with Crippen LogP contribution < -0.4 is 0 Å². The first-order valence-corrected chi connectivity index (χ1v) is 10.5. The van der Waals surface area contributed by atoms with Gasteiger partial charge in [-0.15, -0.1) is 6.58 Å². The minimum Gasteiger partial charge on any atom is -0.389 e. The Balaban J connectivity index is 1.92. The summed E-state index contributed by atoms with van der Waals surface area (Å²) in [6.07, 6.45) is 0.735. The van der Waals surface area contributed by atoms with E-state index in [0.717, 1.165) is 10.8 Å². The van der Waals surface area contributed by atoms with Crippen LogP contribution in [0, 0.1) is 0 Å². The molecule has 3 aromatic carbocycles. The van der Waals surface area contributed by atoms with E-state index >= 15 is 0 Å². The van der Waals surface area contributed by atoms with E-state index in [2.05, 4.69) is 16.8 Å². The molecule has 0 amide bonds. The molecule has 0 saturated carbocycles. The first-order chi connectivity index (χ1) is 13.4. The van der Waals surface area contributed by atoms with Crippen molar-refractivity contribution >= 4 is 31.5 Å². The Labute approximate surface area is 163 Å². The van der Waals surface area contributed by atoms with Gasteiger partial charge in [-0.2, -0.15) is 5.10 Å². The van der Waals surface area contributed by atoms with Gasteiger partial charge in [-0.05, 0) is 41.0 Å². The third kappa shape index (κ3) is 2.91. The summed E-state index contributed by atoms with van der Waals surface area (Å²) < 4.78 is 27.1. The van der Waals surface area contributed by atoms with Crippen molar-refractivity contribution in [3.63, 3.8) is 0 Å². The molecular formula is C22H20N2O3S. The van der Waals surface area contributed by atoms with Gasteiger partial charge < -0.3 is 5.11 Å². The highest BCUT2D eigenvalue weighted by Crippen LogP contribution is 2.36. The van der Waals surface area contributed by atoms with Crippen LogP contribution in [0.1, 0.15) is 29.4 Å². The highest BCUT2D eigenvalue weighted by Gasteiger charge is 2.31. The van der Waals surface area contributed by atoms with Gasteiger partial charge in [0.2, 0.25) is 9.84 Å². The second kappa shape index (κ2) is 6.89. The van der Waals surface area contributed by atoms with Gasteiger partial charge in [-0.1, -0.05) is 54.6 Å². The quantitative estimate of drug-likeness (QED) is 0.491. The third-order valence-corrected chi connectivity index (χ3v) is 6.95. The smallest absolute Gasteiger partial charge is 0.208 e. The zero-order valence-electron chi connectivity index (χ0n) is 15.3. The van der Waals surface area contributed by atoms with Crippen molar-refractivity contribution in [3.05, 3.63) is 84.4 Å². The number of benzene rings is 3. The van der Waals surface area contributed by atoms with E-state index in [-0.39, 0.29) is 5.03 Å². The van der Waals surface area contributed by atoms with Crippen molar-refractivity contribution in [3.8, 4) is 0 Å². The van der Waals surface area contributed by atoms with Gasteiger partial charge in [0.15, 0.2) is 5.03 Å². The van der Waals surface area contributed by atoms with Gasteiger partial charge >= 0.3 is 0 Å². The number of nitrogens with zero attached hydrogens (tertiary/aromatic N) is 1. The number of aromatic amines is 1. The summed E-state index contributed by atoms with van der Waals surface area (Å²) >= 11 is 0. The molecule has 0 aliphatic carbocycles. The van der Waals surface area contributed by atoms with E-state index in [1.165, 1.54) is 6.08 Å². The molecule has 0 fully saturated rings. The summed E-state index contributed by atoms with van der Waals surface area (Å²) in [4.78, 5) is 0. The first-order valence-electron chi connectivity index (χ1n) is 8.93. The van der Waals surface area contributed by atoms with Crippen molar-refractivity contribution in [2.45, 2.75) is 23.3 Å². The number of sulfone groups is 1. The van der Waals surface area contributed by atoms with Gasteiger partial charge in [0.25, 0.3) is 0 Å². The number of hydrogen-bond donors (Lipinski definition) is 2. The minimum absolute atomic E-state index is 0.0390. The lowest BCUT2D eigenvalue weighted by Crippen LogP contribution is -2.13. The van der Waals surface area contributed by atoms with E-state index in [1.54, 1.807) is 25.1 Å². The number of nitrogens with one attached hydrogen (secondary N) is 1. The molecule has 2 atom stereocenters.